The van der Waals surface area contributed by atoms with Crippen LogP contribution in [0.1, 0.15) is 20.8 Å². The largest absolute Gasteiger partial charge is 0.493 e. The number of allylic oxidation sites excluding steroid dienone is 4. The molecule has 0 saturated heterocycles. The fourth-order valence-corrected chi connectivity index (χ4v) is 2.39. The minimum atomic E-state index is 0.226. The standard InChI is InChI=1S/C17H22N2O/c1-6-7-11(2)19-13(4)17-8-16-12(3)14(5)20-10-15(16)9-18-17/h6-8,12,18H,4-5,9-10H2,1-3H3/b7-6-,19-11?/t12-/m1/s1. The Kier molecular flexibility index (Phi) is 4.28. The van der Waals surface area contributed by atoms with E-state index in [0.717, 1.165) is 29.4 Å². The fourth-order valence-electron chi connectivity index (χ4n) is 2.39. The summed E-state index contributed by atoms with van der Waals surface area (Å²) in [4.78, 5) is 4.50. The molecule has 0 spiro atoms. The maximum absolute atomic E-state index is 5.57. The first kappa shape index (κ1) is 14.4. The molecule has 1 atom stereocenters. The number of aliphatic imine (C=N–C) groups is 1. The molecule has 0 unspecified atom stereocenters. The molecule has 2 aliphatic rings. The Bertz CT molecular complexity index is 562. The first-order valence-electron chi connectivity index (χ1n) is 6.89. The summed E-state index contributed by atoms with van der Waals surface area (Å²) in [5.41, 5.74) is 5.26. The lowest BCUT2D eigenvalue weighted by molar-refractivity contribution is 0.196. The van der Waals surface area contributed by atoms with Gasteiger partial charge >= 0.3 is 0 Å². The highest BCUT2D eigenvalue weighted by atomic mass is 16.5. The van der Waals surface area contributed by atoms with Crippen molar-refractivity contribution in [1.29, 1.82) is 0 Å². The molecule has 0 fully saturated rings. The van der Waals surface area contributed by atoms with Crippen molar-refractivity contribution in [2.24, 2.45) is 10.9 Å². The van der Waals surface area contributed by atoms with Gasteiger partial charge in [-0.15, -0.1) is 0 Å². The predicted octanol–water partition coefficient (Wildman–Crippen LogP) is 3.50. The second kappa shape index (κ2) is 5.95. The molecule has 1 N–H and O–H groups in total. The maximum atomic E-state index is 5.57. The van der Waals surface area contributed by atoms with E-state index < -0.39 is 0 Å². The van der Waals surface area contributed by atoms with Crippen LogP contribution < -0.4 is 5.32 Å². The first-order valence-corrected chi connectivity index (χ1v) is 6.89. The highest BCUT2D eigenvalue weighted by molar-refractivity contribution is 5.93. The van der Waals surface area contributed by atoms with Gasteiger partial charge in [0, 0.05) is 18.2 Å². The molecule has 0 aromatic heterocycles. The zero-order valence-electron chi connectivity index (χ0n) is 12.5. The lowest BCUT2D eigenvalue weighted by Gasteiger charge is -2.31. The number of nitrogens with zero attached hydrogens (tertiary/aromatic N) is 1. The topological polar surface area (TPSA) is 33.6 Å². The minimum absolute atomic E-state index is 0.226. The summed E-state index contributed by atoms with van der Waals surface area (Å²) in [6.07, 6.45) is 6.07. The summed E-state index contributed by atoms with van der Waals surface area (Å²) in [6.45, 7) is 15.5. The van der Waals surface area contributed by atoms with Gasteiger partial charge in [0.1, 0.15) is 6.61 Å². The summed E-state index contributed by atoms with van der Waals surface area (Å²) >= 11 is 0. The van der Waals surface area contributed by atoms with Gasteiger partial charge in [-0.25, -0.2) is 0 Å². The van der Waals surface area contributed by atoms with E-state index in [9.17, 15) is 0 Å². The van der Waals surface area contributed by atoms with Crippen LogP contribution >= 0.6 is 0 Å². The normalized spacial score (nSPS) is 23.1. The van der Waals surface area contributed by atoms with E-state index in [1.807, 2.05) is 26.0 Å². The highest BCUT2D eigenvalue weighted by Gasteiger charge is 2.25. The quantitative estimate of drug-likeness (QED) is 0.796. The molecule has 2 aliphatic heterocycles. The molecule has 0 bridgehead atoms. The van der Waals surface area contributed by atoms with Gasteiger partial charge in [-0.2, -0.15) is 0 Å². The van der Waals surface area contributed by atoms with E-state index in [4.69, 9.17) is 4.74 Å². The van der Waals surface area contributed by atoms with Gasteiger partial charge in [0.2, 0.25) is 0 Å². The molecule has 3 heteroatoms. The zero-order chi connectivity index (χ0) is 14.7. The molecule has 106 valence electrons. The van der Waals surface area contributed by atoms with Crippen LogP contribution in [0.3, 0.4) is 0 Å². The van der Waals surface area contributed by atoms with Crippen LogP contribution in [0.15, 0.2) is 64.7 Å². The van der Waals surface area contributed by atoms with Gasteiger partial charge in [-0.1, -0.05) is 26.2 Å². The van der Waals surface area contributed by atoms with Crippen molar-refractivity contribution in [3.63, 3.8) is 0 Å². The van der Waals surface area contributed by atoms with Crippen molar-refractivity contribution in [1.82, 2.24) is 5.32 Å². The molecule has 0 aromatic rings. The third kappa shape index (κ3) is 2.93. The van der Waals surface area contributed by atoms with E-state index in [1.165, 1.54) is 11.1 Å². The van der Waals surface area contributed by atoms with Crippen LogP contribution in [0.4, 0.5) is 0 Å². The van der Waals surface area contributed by atoms with Crippen LogP contribution in [0.25, 0.3) is 0 Å². The molecule has 0 saturated carbocycles. The van der Waals surface area contributed by atoms with Gasteiger partial charge in [0.05, 0.1) is 17.2 Å². The summed E-state index contributed by atoms with van der Waals surface area (Å²) in [6, 6.07) is 0. The van der Waals surface area contributed by atoms with E-state index in [0.29, 0.717) is 6.61 Å². The number of rotatable bonds is 3. The molecule has 2 heterocycles. The van der Waals surface area contributed by atoms with Crippen molar-refractivity contribution in [2.75, 3.05) is 13.2 Å². The first-order chi connectivity index (χ1) is 9.52. The van der Waals surface area contributed by atoms with Crippen LogP contribution in [-0.4, -0.2) is 18.9 Å². The molecule has 0 radical (unpaired) electrons. The second-order valence-corrected chi connectivity index (χ2v) is 5.15. The van der Waals surface area contributed by atoms with Gasteiger partial charge in [0.25, 0.3) is 0 Å². The SMILES string of the molecule is C=C(N=C(C)/C=C\C)C1=CC2=C(CN1)COC(=C)[C@H]2C. The Hall–Kier alpha value is -2.03. The number of nitrogens with one attached hydrogen (secondary N) is 1. The Morgan fingerprint density at radius 1 is 1.55 bits per heavy atom. The lowest BCUT2D eigenvalue weighted by Crippen LogP contribution is -2.29. The van der Waals surface area contributed by atoms with Gasteiger partial charge in [-0.05, 0) is 37.1 Å². The van der Waals surface area contributed by atoms with Crippen LogP contribution in [0.5, 0.6) is 0 Å². The van der Waals surface area contributed by atoms with Gasteiger partial charge in [0.15, 0.2) is 0 Å². The average molecular weight is 270 g/mol. The van der Waals surface area contributed by atoms with Crippen molar-refractivity contribution < 1.29 is 4.74 Å². The number of hydrogen-bond acceptors (Lipinski definition) is 3. The van der Waals surface area contributed by atoms with Crippen molar-refractivity contribution in [3.8, 4) is 0 Å². The third-order valence-electron chi connectivity index (χ3n) is 3.61. The molecular formula is C17H22N2O. The lowest BCUT2D eigenvalue weighted by atomic mass is 9.89. The Morgan fingerprint density at radius 3 is 3.00 bits per heavy atom. The van der Waals surface area contributed by atoms with Crippen molar-refractivity contribution >= 4 is 5.71 Å². The summed E-state index contributed by atoms with van der Waals surface area (Å²) in [7, 11) is 0. The number of ether oxygens (including phenoxy) is 1. The smallest absolute Gasteiger partial charge is 0.111 e. The number of hydrogen-bond donors (Lipinski definition) is 1. The fraction of sp³-hybridized carbons (Fsp3) is 0.353. The second-order valence-electron chi connectivity index (χ2n) is 5.15. The molecule has 20 heavy (non-hydrogen) atoms. The van der Waals surface area contributed by atoms with E-state index in [1.54, 1.807) is 0 Å². The van der Waals surface area contributed by atoms with Crippen molar-refractivity contribution in [2.45, 2.75) is 20.8 Å². The third-order valence-corrected chi connectivity index (χ3v) is 3.61. The molecule has 0 aliphatic carbocycles. The van der Waals surface area contributed by atoms with E-state index >= 15 is 0 Å². The highest BCUT2D eigenvalue weighted by Crippen LogP contribution is 2.32. The number of dihydropyridines is 1. The molecule has 2 rings (SSSR count). The van der Waals surface area contributed by atoms with Crippen LogP contribution in [0.2, 0.25) is 0 Å². The Balaban J connectivity index is 2.25. The van der Waals surface area contributed by atoms with Crippen molar-refractivity contribution in [3.05, 3.63) is 59.7 Å². The van der Waals surface area contributed by atoms with Gasteiger partial charge < -0.3 is 10.1 Å². The monoisotopic (exact) mass is 270 g/mol. The summed E-state index contributed by atoms with van der Waals surface area (Å²) in [5, 5.41) is 3.36. The van der Waals surface area contributed by atoms with E-state index in [-0.39, 0.29) is 5.92 Å². The average Bonchev–Trinajstić information content (AvgIpc) is 2.43. The Morgan fingerprint density at radius 2 is 2.30 bits per heavy atom. The molecule has 3 nitrogen and oxygen atoms in total. The van der Waals surface area contributed by atoms with Crippen LogP contribution in [-0.2, 0) is 4.74 Å². The predicted molar refractivity (Wildman–Crippen MR) is 84.4 cm³/mol. The molecular weight excluding hydrogens is 248 g/mol. The minimum Gasteiger partial charge on any atom is -0.493 e. The summed E-state index contributed by atoms with van der Waals surface area (Å²) in [5.74, 6) is 1.06. The molecule has 0 aromatic carbocycles. The zero-order valence-corrected chi connectivity index (χ0v) is 12.5. The van der Waals surface area contributed by atoms with Crippen LogP contribution in [0, 0.1) is 5.92 Å². The maximum Gasteiger partial charge on any atom is 0.111 e. The van der Waals surface area contributed by atoms with E-state index in [2.05, 4.69) is 36.5 Å². The Labute approximate surface area is 121 Å². The molecule has 0 amide bonds. The van der Waals surface area contributed by atoms with Gasteiger partial charge in [-0.3, -0.25) is 4.99 Å². The summed E-state index contributed by atoms with van der Waals surface area (Å²) < 4.78 is 5.57.